The van der Waals surface area contributed by atoms with Gasteiger partial charge in [0.05, 0.1) is 0 Å². The molecule has 0 saturated heterocycles. The van der Waals surface area contributed by atoms with E-state index < -0.39 is 6.10 Å². The van der Waals surface area contributed by atoms with Crippen molar-refractivity contribution >= 4 is 17.1 Å². The van der Waals surface area contributed by atoms with Crippen LogP contribution in [0.15, 0.2) is 17.5 Å². The van der Waals surface area contributed by atoms with Crippen molar-refractivity contribution in [1.82, 2.24) is 0 Å². The first kappa shape index (κ1) is 12.4. The number of carbonyl (C=O) groups is 1. The van der Waals surface area contributed by atoms with E-state index in [0.717, 1.165) is 6.42 Å². The first-order valence-electron chi connectivity index (χ1n) is 5.14. The number of aliphatic hydroxyl groups is 1. The molecular formula is C12H18O2S. The molecule has 2 nitrogen and oxygen atoms in total. The lowest BCUT2D eigenvalue weighted by molar-refractivity contribution is -0.132. The van der Waals surface area contributed by atoms with Gasteiger partial charge >= 0.3 is 0 Å². The molecule has 3 heteroatoms. The minimum Gasteiger partial charge on any atom is -0.385 e. The van der Waals surface area contributed by atoms with Crippen molar-refractivity contribution in [3.05, 3.63) is 22.4 Å². The molecule has 0 aliphatic rings. The molecule has 15 heavy (non-hydrogen) atoms. The fraction of sp³-hybridized carbons (Fsp3) is 0.583. The third-order valence-corrected chi connectivity index (χ3v) is 3.26. The molecule has 1 unspecified atom stereocenters. The van der Waals surface area contributed by atoms with E-state index in [2.05, 4.69) is 0 Å². The summed E-state index contributed by atoms with van der Waals surface area (Å²) in [4.78, 5) is 12.8. The summed E-state index contributed by atoms with van der Waals surface area (Å²) in [5.41, 5.74) is -0.355. The monoisotopic (exact) mass is 226 g/mol. The second-order valence-corrected chi connectivity index (χ2v) is 5.85. The van der Waals surface area contributed by atoms with Gasteiger partial charge in [0.2, 0.25) is 0 Å². The number of aryl methyl sites for hydroxylation is 1. The predicted molar refractivity (Wildman–Crippen MR) is 63.1 cm³/mol. The largest absolute Gasteiger partial charge is 0.385 e. The quantitative estimate of drug-likeness (QED) is 0.857. The Kier molecular flexibility index (Phi) is 4.05. The zero-order valence-electron chi connectivity index (χ0n) is 9.49. The van der Waals surface area contributed by atoms with Crippen molar-refractivity contribution in [1.29, 1.82) is 0 Å². The molecular weight excluding hydrogens is 208 g/mol. The van der Waals surface area contributed by atoms with Crippen LogP contribution in [0.1, 0.15) is 32.1 Å². The van der Waals surface area contributed by atoms with Crippen LogP contribution in [0.25, 0.3) is 0 Å². The highest BCUT2D eigenvalue weighted by Crippen LogP contribution is 2.21. The average Bonchev–Trinajstić information content (AvgIpc) is 2.63. The molecule has 0 aliphatic carbocycles. The molecule has 1 aromatic heterocycles. The zero-order chi connectivity index (χ0) is 11.5. The summed E-state index contributed by atoms with van der Waals surface area (Å²) in [5, 5.41) is 11.7. The molecule has 1 heterocycles. The minimum atomic E-state index is -0.850. The van der Waals surface area contributed by atoms with Crippen LogP contribution >= 0.6 is 11.3 Å². The number of Topliss-reactive ketones (excluding diaryl/α,β-unsaturated/α-hetero) is 1. The van der Waals surface area contributed by atoms with Gasteiger partial charge in [0.1, 0.15) is 6.10 Å². The SMILES string of the molecule is CC(C)(C)C(O)C(=O)CCc1cccs1. The van der Waals surface area contributed by atoms with Gasteiger partial charge in [-0.3, -0.25) is 4.79 Å². The van der Waals surface area contributed by atoms with Crippen molar-refractivity contribution < 1.29 is 9.90 Å². The maximum Gasteiger partial charge on any atom is 0.162 e. The van der Waals surface area contributed by atoms with Crippen LogP contribution in [0.4, 0.5) is 0 Å². The molecule has 84 valence electrons. The zero-order valence-corrected chi connectivity index (χ0v) is 10.3. The third kappa shape index (κ3) is 3.76. The Morgan fingerprint density at radius 2 is 2.20 bits per heavy atom. The van der Waals surface area contributed by atoms with Crippen molar-refractivity contribution in [2.24, 2.45) is 5.41 Å². The van der Waals surface area contributed by atoms with E-state index in [1.807, 2.05) is 38.3 Å². The molecule has 0 bridgehead atoms. The van der Waals surface area contributed by atoms with Crippen molar-refractivity contribution in [3.63, 3.8) is 0 Å². The van der Waals surface area contributed by atoms with Gasteiger partial charge in [0.25, 0.3) is 0 Å². The number of carbonyl (C=O) groups excluding carboxylic acids is 1. The maximum atomic E-state index is 11.6. The molecule has 1 aromatic rings. The summed E-state index contributed by atoms with van der Waals surface area (Å²) < 4.78 is 0. The average molecular weight is 226 g/mol. The molecule has 0 aliphatic heterocycles. The summed E-state index contributed by atoms with van der Waals surface area (Å²) in [6.45, 7) is 5.63. The number of rotatable bonds is 4. The summed E-state index contributed by atoms with van der Waals surface area (Å²) in [5.74, 6) is -0.0594. The van der Waals surface area contributed by atoms with Crippen LogP contribution in [0, 0.1) is 5.41 Å². The van der Waals surface area contributed by atoms with E-state index in [4.69, 9.17) is 0 Å². The van der Waals surface area contributed by atoms with Crippen LogP contribution in [-0.4, -0.2) is 17.0 Å². The number of hydrogen-bond donors (Lipinski definition) is 1. The van der Waals surface area contributed by atoms with E-state index in [0.29, 0.717) is 6.42 Å². The molecule has 0 aromatic carbocycles. The van der Waals surface area contributed by atoms with Crippen LogP contribution in [0.2, 0.25) is 0 Å². The number of aliphatic hydroxyl groups excluding tert-OH is 1. The third-order valence-electron chi connectivity index (χ3n) is 2.32. The van der Waals surface area contributed by atoms with Gasteiger partial charge in [-0.15, -0.1) is 11.3 Å². The molecule has 0 radical (unpaired) electrons. The Morgan fingerprint density at radius 1 is 1.53 bits per heavy atom. The van der Waals surface area contributed by atoms with Crippen molar-refractivity contribution in [3.8, 4) is 0 Å². The summed E-state index contributed by atoms with van der Waals surface area (Å²) in [7, 11) is 0. The molecule has 0 fully saturated rings. The van der Waals surface area contributed by atoms with Crippen LogP contribution in [-0.2, 0) is 11.2 Å². The van der Waals surface area contributed by atoms with Gasteiger partial charge in [0, 0.05) is 11.3 Å². The lowest BCUT2D eigenvalue weighted by atomic mass is 9.85. The lowest BCUT2D eigenvalue weighted by Crippen LogP contribution is -2.34. The highest BCUT2D eigenvalue weighted by atomic mass is 32.1. The standard InChI is InChI=1S/C12H18O2S/c1-12(2,3)11(14)10(13)7-6-9-5-4-8-15-9/h4-5,8,11,14H,6-7H2,1-3H3. The van der Waals surface area contributed by atoms with Crippen molar-refractivity contribution in [2.45, 2.75) is 39.7 Å². The molecule has 1 rings (SSSR count). The summed E-state index contributed by atoms with van der Waals surface area (Å²) in [6.07, 6.45) is 0.320. The molecule has 1 N–H and O–H groups in total. The Hall–Kier alpha value is -0.670. The highest BCUT2D eigenvalue weighted by Gasteiger charge is 2.28. The summed E-state index contributed by atoms with van der Waals surface area (Å²) >= 11 is 1.65. The molecule has 1 atom stereocenters. The predicted octanol–water partition coefficient (Wildman–Crippen LogP) is 2.66. The van der Waals surface area contributed by atoms with Gasteiger partial charge in [-0.2, -0.15) is 0 Å². The fourth-order valence-corrected chi connectivity index (χ4v) is 2.03. The van der Waals surface area contributed by atoms with Crippen molar-refractivity contribution in [2.75, 3.05) is 0 Å². The smallest absolute Gasteiger partial charge is 0.162 e. The Balaban J connectivity index is 2.43. The van der Waals surface area contributed by atoms with E-state index >= 15 is 0 Å². The summed E-state index contributed by atoms with van der Waals surface area (Å²) in [6, 6.07) is 3.99. The Morgan fingerprint density at radius 3 is 2.67 bits per heavy atom. The van der Waals surface area contributed by atoms with Crippen LogP contribution < -0.4 is 0 Å². The minimum absolute atomic E-state index is 0.0594. The Labute approximate surface area is 94.9 Å². The second kappa shape index (κ2) is 4.90. The van der Waals surface area contributed by atoms with Gasteiger partial charge in [0.15, 0.2) is 5.78 Å². The maximum absolute atomic E-state index is 11.6. The van der Waals surface area contributed by atoms with Gasteiger partial charge in [-0.1, -0.05) is 26.8 Å². The number of ketones is 1. The molecule has 0 amide bonds. The Bertz CT molecular complexity index is 309. The van der Waals surface area contributed by atoms with Crippen LogP contribution in [0.5, 0.6) is 0 Å². The topological polar surface area (TPSA) is 37.3 Å². The van der Waals surface area contributed by atoms with E-state index in [1.54, 1.807) is 11.3 Å². The molecule has 0 spiro atoms. The first-order valence-corrected chi connectivity index (χ1v) is 6.02. The lowest BCUT2D eigenvalue weighted by Gasteiger charge is -2.24. The highest BCUT2D eigenvalue weighted by molar-refractivity contribution is 7.09. The van der Waals surface area contributed by atoms with E-state index in [9.17, 15) is 9.90 Å². The number of thiophene rings is 1. The van der Waals surface area contributed by atoms with Gasteiger partial charge < -0.3 is 5.11 Å². The number of hydrogen-bond acceptors (Lipinski definition) is 3. The van der Waals surface area contributed by atoms with Gasteiger partial charge in [-0.25, -0.2) is 0 Å². The first-order chi connectivity index (χ1) is 6.91. The van der Waals surface area contributed by atoms with E-state index in [1.165, 1.54) is 4.88 Å². The second-order valence-electron chi connectivity index (χ2n) is 4.81. The normalized spacial score (nSPS) is 13.9. The van der Waals surface area contributed by atoms with Crippen LogP contribution in [0.3, 0.4) is 0 Å². The van der Waals surface area contributed by atoms with Gasteiger partial charge in [-0.05, 0) is 23.3 Å². The van der Waals surface area contributed by atoms with E-state index in [-0.39, 0.29) is 11.2 Å². The fourth-order valence-electron chi connectivity index (χ4n) is 1.32. The molecule has 0 saturated carbocycles.